The minimum Gasteiger partial charge on any atom is -0.481 e. The first-order valence-corrected chi connectivity index (χ1v) is 4.46. The van der Waals surface area contributed by atoms with E-state index in [1.165, 1.54) is 0 Å². The van der Waals surface area contributed by atoms with Gasteiger partial charge in [0.1, 0.15) is 12.1 Å². The molecule has 0 bridgehead atoms. The fourth-order valence-corrected chi connectivity index (χ4v) is 1.20. The Labute approximate surface area is 94.7 Å². The fourth-order valence-electron chi connectivity index (χ4n) is 1.20. The number of carboxylic acid groups (broad SMARTS) is 2. The zero-order valence-corrected chi connectivity index (χ0v) is 8.44. The maximum absolute atomic E-state index is 10.8. The first-order valence-electron chi connectivity index (χ1n) is 4.46. The lowest BCUT2D eigenvalue weighted by Crippen LogP contribution is -2.17. The zero-order valence-electron chi connectivity index (χ0n) is 8.44. The summed E-state index contributed by atoms with van der Waals surface area (Å²) in [6.07, 6.45) is 0.271. The van der Waals surface area contributed by atoms with Crippen molar-refractivity contribution in [2.75, 3.05) is 0 Å². The molecular weight excluding hydrogens is 232 g/mol. The number of aromatic nitrogens is 1. The highest BCUT2D eigenvalue weighted by molar-refractivity contribution is 5.81. The average Bonchev–Trinajstić information content (AvgIpc) is 2.25. The molecule has 2 N–H and O–H groups in total. The molecule has 1 unspecified atom stereocenters. The van der Waals surface area contributed by atoms with Crippen molar-refractivity contribution in [2.24, 2.45) is 0 Å². The van der Waals surface area contributed by atoms with Gasteiger partial charge in [-0.1, -0.05) is 0 Å². The second-order valence-corrected chi connectivity index (χ2v) is 3.19. The van der Waals surface area contributed by atoms with Crippen molar-refractivity contribution in [3.63, 3.8) is 0 Å². The molecule has 1 atom stereocenters. The van der Waals surface area contributed by atoms with Gasteiger partial charge in [0.25, 0.3) is 5.69 Å². The van der Waals surface area contributed by atoms with E-state index < -0.39 is 29.2 Å². The van der Waals surface area contributed by atoms with Crippen molar-refractivity contribution >= 4 is 17.6 Å². The maximum Gasteiger partial charge on any atom is 0.313 e. The highest BCUT2D eigenvalue weighted by Crippen LogP contribution is 2.20. The number of carboxylic acids is 2. The Balaban J connectivity index is 2.99. The average molecular weight is 240 g/mol. The molecule has 0 aliphatic heterocycles. The molecule has 0 aliphatic carbocycles. The fraction of sp³-hybridized carbons (Fsp3) is 0.222. The quantitative estimate of drug-likeness (QED) is 0.569. The maximum atomic E-state index is 10.8. The van der Waals surface area contributed by atoms with Crippen molar-refractivity contribution in [3.05, 3.63) is 34.1 Å². The van der Waals surface area contributed by atoms with Crippen LogP contribution in [0, 0.1) is 10.1 Å². The van der Waals surface area contributed by atoms with Crippen LogP contribution in [0.2, 0.25) is 0 Å². The van der Waals surface area contributed by atoms with Crippen LogP contribution in [0.3, 0.4) is 0 Å². The molecule has 8 nitrogen and oxygen atoms in total. The molecule has 0 spiro atoms. The molecular formula is C9H8N2O6. The molecule has 0 saturated heterocycles. The van der Waals surface area contributed by atoms with Crippen molar-refractivity contribution < 1.29 is 24.7 Å². The van der Waals surface area contributed by atoms with Gasteiger partial charge in [-0.25, -0.2) is 0 Å². The van der Waals surface area contributed by atoms with Crippen molar-refractivity contribution in [2.45, 2.75) is 12.3 Å². The second kappa shape index (κ2) is 5.01. The highest BCUT2D eigenvalue weighted by Gasteiger charge is 2.24. The SMILES string of the molecule is O=C(O)CC(C(=O)O)c1ccc([N+](=O)[O-])cn1. The third-order valence-corrected chi connectivity index (χ3v) is 2.02. The molecule has 0 radical (unpaired) electrons. The molecule has 0 aromatic carbocycles. The summed E-state index contributed by atoms with van der Waals surface area (Å²) in [7, 11) is 0. The largest absolute Gasteiger partial charge is 0.481 e. The number of pyridine rings is 1. The van der Waals surface area contributed by atoms with E-state index in [1.807, 2.05) is 0 Å². The van der Waals surface area contributed by atoms with E-state index in [1.54, 1.807) is 0 Å². The first-order chi connectivity index (χ1) is 7.91. The number of hydrogen-bond donors (Lipinski definition) is 2. The molecule has 1 aromatic heterocycles. The van der Waals surface area contributed by atoms with Crippen molar-refractivity contribution in [3.8, 4) is 0 Å². The smallest absolute Gasteiger partial charge is 0.313 e. The molecule has 0 aliphatic rings. The van der Waals surface area contributed by atoms with Gasteiger partial charge in [0.2, 0.25) is 0 Å². The van der Waals surface area contributed by atoms with Crippen LogP contribution in [0.25, 0.3) is 0 Å². The van der Waals surface area contributed by atoms with Crippen molar-refractivity contribution in [1.82, 2.24) is 4.98 Å². The van der Waals surface area contributed by atoms with E-state index in [-0.39, 0.29) is 11.4 Å². The Hall–Kier alpha value is -2.51. The molecule has 1 rings (SSSR count). The van der Waals surface area contributed by atoms with Crippen LogP contribution in [0.4, 0.5) is 5.69 Å². The topological polar surface area (TPSA) is 131 Å². The Bertz CT molecular complexity index is 455. The number of nitro groups is 1. The van der Waals surface area contributed by atoms with Gasteiger partial charge in [0.15, 0.2) is 0 Å². The molecule has 8 heteroatoms. The number of aliphatic carboxylic acids is 2. The van der Waals surface area contributed by atoms with E-state index in [0.717, 1.165) is 18.3 Å². The van der Waals surface area contributed by atoms with Crippen LogP contribution < -0.4 is 0 Å². The third-order valence-electron chi connectivity index (χ3n) is 2.02. The van der Waals surface area contributed by atoms with Crippen LogP contribution in [0.1, 0.15) is 18.0 Å². The lowest BCUT2D eigenvalue weighted by molar-refractivity contribution is -0.385. The Morgan fingerprint density at radius 1 is 1.41 bits per heavy atom. The lowest BCUT2D eigenvalue weighted by Gasteiger charge is -2.08. The summed E-state index contributed by atoms with van der Waals surface area (Å²) in [4.78, 5) is 34.5. The Kier molecular flexibility index (Phi) is 3.70. The number of hydrogen-bond acceptors (Lipinski definition) is 5. The van der Waals surface area contributed by atoms with Gasteiger partial charge >= 0.3 is 11.9 Å². The van der Waals surface area contributed by atoms with E-state index in [2.05, 4.69) is 4.98 Å². The number of rotatable bonds is 5. The molecule has 0 fully saturated rings. The monoisotopic (exact) mass is 240 g/mol. The summed E-state index contributed by atoms with van der Waals surface area (Å²) in [5.74, 6) is -3.93. The van der Waals surface area contributed by atoms with Crippen LogP contribution in [-0.2, 0) is 9.59 Å². The van der Waals surface area contributed by atoms with Gasteiger partial charge in [-0.3, -0.25) is 24.7 Å². The third kappa shape index (κ3) is 3.23. The van der Waals surface area contributed by atoms with Gasteiger partial charge in [0.05, 0.1) is 17.0 Å². The van der Waals surface area contributed by atoms with Crippen LogP contribution in [0.15, 0.2) is 18.3 Å². The first kappa shape index (κ1) is 12.6. The minimum atomic E-state index is -1.34. The predicted octanol–water partition coefficient (Wildman–Crippen LogP) is 0.633. The number of carbonyl (C=O) groups is 2. The Morgan fingerprint density at radius 3 is 2.41 bits per heavy atom. The molecule has 0 amide bonds. The standard InChI is InChI=1S/C9H8N2O6/c12-8(13)3-6(9(14)15)7-2-1-5(4-10-7)11(16)17/h1-2,4,6H,3H2,(H,12,13)(H,14,15). The second-order valence-electron chi connectivity index (χ2n) is 3.19. The van der Waals surface area contributed by atoms with Gasteiger partial charge in [-0.05, 0) is 6.07 Å². The van der Waals surface area contributed by atoms with Gasteiger partial charge in [-0.2, -0.15) is 0 Å². The zero-order chi connectivity index (χ0) is 13.0. The highest BCUT2D eigenvalue weighted by atomic mass is 16.6. The van der Waals surface area contributed by atoms with E-state index in [4.69, 9.17) is 10.2 Å². The molecule has 1 heterocycles. The molecule has 0 saturated carbocycles. The van der Waals surface area contributed by atoms with Crippen LogP contribution >= 0.6 is 0 Å². The molecule has 1 aromatic rings. The van der Waals surface area contributed by atoms with Crippen LogP contribution in [-0.4, -0.2) is 32.1 Å². The summed E-state index contributed by atoms with van der Waals surface area (Å²) in [5, 5.41) is 27.7. The van der Waals surface area contributed by atoms with Gasteiger partial charge in [0, 0.05) is 6.07 Å². The van der Waals surface area contributed by atoms with Gasteiger partial charge in [-0.15, -0.1) is 0 Å². The van der Waals surface area contributed by atoms with Gasteiger partial charge < -0.3 is 10.2 Å². The molecule has 90 valence electrons. The van der Waals surface area contributed by atoms with E-state index >= 15 is 0 Å². The number of nitrogens with zero attached hydrogens (tertiary/aromatic N) is 2. The summed E-state index contributed by atoms with van der Waals surface area (Å²) in [6.45, 7) is 0. The summed E-state index contributed by atoms with van der Waals surface area (Å²) < 4.78 is 0. The summed E-state index contributed by atoms with van der Waals surface area (Å²) in [5.41, 5.74) is -0.307. The van der Waals surface area contributed by atoms with Crippen LogP contribution in [0.5, 0.6) is 0 Å². The summed E-state index contributed by atoms with van der Waals surface area (Å²) in [6, 6.07) is 2.22. The normalized spacial score (nSPS) is 11.8. The minimum absolute atomic E-state index is 0.0227. The van der Waals surface area contributed by atoms with Crippen molar-refractivity contribution in [1.29, 1.82) is 0 Å². The Morgan fingerprint density at radius 2 is 2.06 bits per heavy atom. The summed E-state index contributed by atoms with van der Waals surface area (Å²) >= 11 is 0. The predicted molar refractivity (Wildman–Crippen MR) is 53.5 cm³/mol. The molecule has 17 heavy (non-hydrogen) atoms. The van der Waals surface area contributed by atoms with E-state index in [0.29, 0.717) is 0 Å². The van der Waals surface area contributed by atoms with E-state index in [9.17, 15) is 19.7 Å². The lowest BCUT2D eigenvalue weighted by atomic mass is 10.0.